The zero-order chi connectivity index (χ0) is 18.0. The van der Waals surface area contributed by atoms with Crippen molar-refractivity contribution in [2.24, 2.45) is 0 Å². The minimum Gasteiger partial charge on any atom is -0.356 e. The van der Waals surface area contributed by atoms with E-state index in [0.717, 1.165) is 0 Å². The summed E-state index contributed by atoms with van der Waals surface area (Å²) in [5.41, 5.74) is 0.569. The van der Waals surface area contributed by atoms with Gasteiger partial charge in [0.1, 0.15) is 18.2 Å². The van der Waals surface area contributed by atoms with Gasteiger partial charge in [0.15, 0.2) is 6.10 Å². The zero-order valence-electron chi connectivity index (χ0n) is 13.4. The molecule has 2 atom stereocenters. The number of nitrogens with zero attached hydrogens (tertiary/aromatic N) is 1. The van der Waals surface area contributed by atoms with Crippen molar-refractivity contribution in [1.29, 1.82) is 0 Å². The Morgan fingerprint density at radius 3 is 2.52 bits per heavy atom. The molecule has 0 saturated carbocycles. The molecule has 1 saturated heterocycles. The highest BCUT2D eigenvalue weighted by Crippen LogP contribution is 2.31. The van der Waals surface area contributed by atoms with Crippen LogP contribution in [0.1, 0.15) is 11.6 Å². The summed E-state index contributed by atoms with van der Waals surface area (Å²) in [5.74, 6) is -1.85. The van der Waals surface area contributed by atoms with Gasteiger partial charge >= 0.3 is 0 Å². The van der Waals surface area contributed by atoms with Crippen LogP contribution < -0.4 is 5.32 Å². The fourth-order valence-electron chi connectivity index (χ4n) is 2.76. The van der Waals surface area contributed by atoms with E-state index in [4.69, 9.17) is 4.74 Å². The maximum Gasteiger partial charge on any atom is 0.256 e. The van der Waals surface area contributed by atoms with Gasteiger partial charge in [0, 0.05) is 18.3 Å². The molecule has 1 aliphatic rings. The largest absolute Gasteiger partial charge is 0.356 e. The molecule has 0 bridgehead atoms. The number of amides is 2. The van der Waals surface area contributed by atoms with Gasteiger partial charge in [-0.15, -0.1) is 0 Å². The van der Waals surface area contributed by atoms with Gasteiger partial charge in [0.25, 0.3) is 5.91 Å². The smallest absolute Gasteiger partial charge is 0.256 e. The predicted octanol–water partition coefficient (Wildman–Crippen LogP) is 2.50. The summed E-state index contributed by atoms with van der Waals surface area (Å²) < 4.78 is 32.6. The zero-order valence-corrected chi connectivity index (χ0v) is 13.4. The number of benzene rings is 2. The number of anilines is 1. The third-order valence-corrected chi connectivity index (χ3v) is 4.08. The lowest BCUT2D eigenvalue weighted by Gasteiger charge is -2.38. The predicted molar refractivity (Wildman–Crippen MR) is 86.7 cm³/mol. The number of rotatable bonds is 3. The molecule has 0 spiro atoms. The molecule has 0 unspecified atom stereocenters. The summed E-state index contributed by atoms with van der Waals surface area (Å²) in [6.45, 7) is -0.275. The fourth-order valence-corrected chi connectivity index (χ4v) is 2.76. The van der Waals surface area contributed by atoms with Crippen molar-refractivity contribution in [3.63, 3.8) is 0 Å². The highest BCUT2D eigenvalue weighted by molar-refractivity contribution is 5.96. The first kappa shape index (κ1) is 17.0. The van der Waals surface area contributed by atoms with Gasteiger partial charge in [-0.05, 0) is 30.3 Å². The van der Waals surface area contributed by atoms with Gasteiger partial charge in [0.2, 0.25) is 5.91 Å². The van der Waals surface area contributed by atoms with Crippen LogP contribution >= 0.6 is 0 Å². The highest BCUT2D eigenvalue weighted by Gasteiger charge is 2.41. The Hall–Kier alpha value is -2.80. The number of likely N-dealkylation sites (N-methyl/N-ethyl adjacent to an activating group) is 1. The first-order valence-electron chi connectivity index (χ1n) is 7.65. The van der Waals surface area contributed by atoms with Crippen molar-refractivity contribution in [2.45, 2.75) is 12.1 Å². The molecule has 1 N–H and O–H groups in total. The first-order valence-corrected chi connectivity index (χ1v) is 7.65. The van der Waals surface area contributed by atoms with Crippen LogP contribution in [-0.2, 0) is 14.3 Å². The Morgan fingerprint density at radius 2 is 1.84 bits per heavy atom. The van der Waals surface area contributed by atoms with Crippen LogP contribution in [-0.4, -0.2) is 36.5 Å². The second-order valence-electron chi connectivity index (χ2n) is 5.70. The van der Waals surface area contributed by atoms with Crippen molar-refractivity contribution in [1.82, 2.24) is 4.90 Å². The molecule has 0 aliphatic carbocycles. The number of ether oxygens (including phenoxy) is 1. The van der Waals surface area contributed by atoms with Gasteiger partial charge in [-0.25, -0.2) is 8.78 Å². The molecule has 2 aromatic rings. The van der Waals surface area contributed by atoms with Crippen molar-refractivity contribution >= 4 is 17.5 Å². The molecule has 1 heterocycles. The van der Waals surface area contributed by atoms with Gasteiger partial charge in [-0.2, -0.15) is 0 Å². The third kappa shape index (κ3) is 3.51. The molecule has 2 amide bonds. The third-order valence-electron chi connectivity index (χ3n) is 4.08. The van der Waals surface area contributed by atoms with E-state index in [1.165, 1.54) is 54.4 Å². The average Bonchev–Trinajstić information content (AvgIpc) is 2.60. The van der Waals surface area contributed by atoms with E-state index in [-0.39, 0.29) is 18.1 Å². The number of halogens is 2. The fraction of sp³-hybridized carbons (Fsp3) is 0.222. The number of hydrogen-bond acceptors (Lipinski definition) is 3. The highest BCUT2D eigenvalue weighted by atomic mass is 19.1. The van der Waals surface area contributed by atoms with Crippen molar-refractivity contribution in [2.75, 3.05) is 19.0 Å². The Morgan fingerprint density at radius 1 is 1.16 bits per heavy atom. The Labute approximate surface area is 143 Å². The Bertz CT molecular complexity index is 795. The number of carbonyl (C=O) groups is 2. The maximum atomic E-state index is 14.2. The van der Waals surface area contributed by atoms with Crippen LogP contribution in [0.5, 0.6) is 0 Å². The molecule has 3 rings (SSSR count). The van der Waals surface area contributed by atoms with Crippen LogP contribution in [0.3, 0.4) is 0 Å². The SMILES string of the molecule is CN1C(=O)CO[C@@H](C(=O)Nc2ccc(F)cc2)[C@H]1c1ccccc1F. The Kier molecular flexibility index (Phi) is 4.76. The molecule has 1 aliphatic heterocycles. The molecule has 5 nitrogen and oxygen atoms in total. The Balaban J connectivity index is 1.89. The minimum atomic E-state index is -1.09. The normalized spacial score (nSPS) is 20.4. The van der Waals surface area contributed by atoms with Crippen LogP contribution in [0.15, 0.2) is 48.5 Å². The summed E-state index contributed by atoms with van der Waals surface area (Å²) >= 11 is 0. The molecule has 1 fully saturated rings. The first-order chi connectivity index (χ1) is 12.0. The summed E-state index contributed by atoms with van der Waals surface area (Å²) in [6.07, 6.45) is -1.09. The van der Waals surface area contributed by atoms with Crippen LogP contribution in [0.4, 0.5) is 14.5 Å². The molecule has 130 valence electrons. The number of morpholine rings is 1. The second kappa shape index (κ2) is 6.98. The summed E-state index contributed by atoms with van der Waals surface area (Å²) in [5, 5.41) is 2.60. The van der Waals surface area contributed by atoms with Crippen LogP contribution in [0.2, 0.25) is 0 Å². The number of hydrogen-bond donors (Lipinski definition) is 1. The van der Waals surface area contributed by atoms with E-state index < -0.39 is 29.7 Å². The van der Waals surface area contributed by atoms with Gasteiger partial charge < -0.3 is 15.0 Å². The van der Waals surface area contributed by atoms with Crippen molar-refractivity contribution in [3.8, 4) is 0 Å². The lowest BCUT2D eigenvalue weighted by molar-refractivity contribution is -0.160. The van der Waals surface area contributed by atoms with Gasteiger partial charge in [-0.1, -0.05) is 18.2 Å². The van der Waals surface area contributed by atoms with E-state index in [2.05, 4.69) is 5.32 Å². The van der Waals surface area contributed by atoms with Gasteiger partial charge in [0.05, 0.1) is 6.04 Å². The van der Waals surface area contributed by atoms with Crippen LogP contribution in [0.25, 0.3) is 0 Å². The van der Waals surface area contributed by atoms with E-state index in [9.17, 15) is 18.4 Å². The topological polar surface area (TPSA) is 58.6 Å². The molecule has 25 heavy (non-hydrogen) atoms. The minimum absolute atomic E-state index is 0.192. The molecular formula is C18H16F2N2O3. The summed E-state index contributed by atoms with van der Waals surface area (Å²) in [6, 6.07) is 10.3. The van der Waals surface area contributed by atoms with E-state index in [0.29, 0.717) is 5.69 Å². The summed E-state index contributed by atoms with van der Waals surface area (Å²) in [4.78, 5) is 25.9. The molecule has 7 heteroatoms. The van der Waals surface area contributed by atoms with Crippen molar-refractivity contribution in [3.05, 3.63) is 65.7 Å². The summed E-state index contributed by atoms with van der Waals surface area (Å²) in [7, 11) is 1.50. The van der Waals surface area contributed by atoms with E-state index in [1.807, 2.05) is 0 Å². The quantitative estimate of drug-likeness (QED) is 0.929. The lowest BCUT2D eigenvalue weighted by Crippen LogP contribution is -2.51. The standard InChI is InChI=1S/C18H16F2N2O3/c1-22-15(23)10-25-17(16(22)13-4-2-3-5-14(13)20)18(24)21-12-8-6-11(19)7-9-12/h2-9,16-17H,10H2,1H3,(H,21,24)/t16-,17-/m1/s1. The monoisotopic (exact) mass is 346 g/mol. The molecular weight excluding hydrogens is 330 g/mol. The average molecular weight is 346 g/mol. The molecule has 0 aromatic heterocycles. The molecule has 2 aromatic carbocycles. The van der Waals surface area contributed by atoms with Crippen molar-refractivity contribution < 1.29 is 23.1 Å². The van der Waals surface area contributed by atoms with E-state index in [1.54, 1.807) is 6.07 Å². The van der Waals surface area contributed by atoms with Crippen LogP contribution in [0, 0.1) is 11.6 Å². The lowest BCUT2D eigenvalue weighted by atomic mass is 9.97. The number of carbonyl (C=O) groups excluding carboxylic acids is 2. The number of nitrogens with one attached hydrogen (secondary N) is 1. The van der Waals surface area contributed by atoms with Gasteiger partial charge in [-0.3, -0.25) is 9.59 Å². The molecule has 0 radical (unpaired) electrons. The van der Waals surface area contributed by atoms with E-state index >= 15 is 0 Å². The maximum absolute atomic E-state index is 14.2. The second-order valence-corrected chi connectivity index (χ2v) is 5.70.